The van der Waals surface area contributed by atoms with Crippen LogP contribution in [0, 0.1) is 18.3 Å². The molecule has 0 saturated carbocycles. The first kappa shape index (κ1) is 31.6. The van der Waals surface area contributed by atoms with E-state index in [1.54, 1.807) is 43.3 Å². The number of pyridine rings is 1. The number of hydrogen-bond donors (Lipinski definition) is 6. The summed E-state index contributed by atoms with van der Waals surface area (Å²) in [7, 11) is -3.67. The van der Waals surface area contributed by atoms with Crippen LogP contribution in [0.5, 0.6) is 0 Å². The van der Waals surface area contributed by atoms with E-state index in [4.69, 9.17) is 15.7 Å². The molecule has 13 heteroatoms. The highest BCUT2D eigenvalue weighted by Gasteiger charge is 2.22. The Hall–Kier alpha value is -4.62. The molecule has 0 unspecified atom stereocenters. The van der Waals surface area contributed by atoms with E-state index in [1.807, 2.05) is 13.8 Å². The Morgan fingerprint density at radius 1 is 0.975 bits per heavy atom. The normalized spacial score (nSPS) is 10.8. The summed E-state index contributed by atoms with van der Waals surface area (Å²) in [4.78, 5) is 42.0. The van der Waals surface area contributed by atoms with Crippen molar-refractivity contribution in [3.05, 3.63) is 82.7 Å². The smallest absolute Gasteiger partial charge is 0.336 e. The molecule has 2 amide bonds. The van der Waals surface area contributed by atoms with Gasteiger partial charge in [0.25, 0.3) is 21.9 Å². The molecule has 212 valence electrons. The number of amidine groups is 1. The second-order valence-electron chi connectivity index (χ2n) is 9.20. The van der Waals surface area contributed by atoms with Crippen molar-refractivity contribution in [1.82, 2.24) is 10.3 Å². The predicted octanol–water partition coefficient (Wildman–Crippen LogP) is 3.18. The van der Waals surface area contributed by atoms with Gasteiger partial charge >= 0.3 is 5.97 Å². The largest absolute Gasteiger partial charge is 0.478 e. The zero-order chi connectivity index (χ0) is 30.2. The lowest BCUT2D eigenvalue weighted by molar-refractivity contribution is 0.0697. The van der Waals surface area contributed by atoms with Crippen molar-refractivity contribution < 1.29 is 32.5 Å². The van der Waals surface area contributed by atoms with Crippen LogP contribution in [0.2, 0.25) is 0 Å². The number of carbonyl (C=O) groups excluding carboxylic acids is 2. The molecule has 0 fully saturated rings. The summed E-state index contributed by atoms with van der Waals surface area (Å²) in [6.45, 7) is 6.10. The van der Waals surface area contributed by atoms with Crippen molar-refractivity contribution in [2.24, 2.45) is 11.7 Å². The van der Waals surface area contributed by atoms with Gasteiger partial charge in [0.2, 0.25) is 0 Å². The summed E-state index contributed by atoms with van der Waals surface area (Å²) >= 11 is 0. The first-order valence-electron chi connectivity index (χ1n) is 11.9. The van der Waals surface area contributed by atoms with Crippen LogP contribution in [0.4, 0.5) is 5.69 Å². The number of amides is 2. The fourth-order valence-electron chi connectivity index (χ4n) is 3.37. The Bertz CT molecular complexity index is 1530. The van der Waals surface area contributed by atoms with E-state index in [2.05, 4.69) is 15.6 Å². The molecule has 2 aromatic carbocycles. The molecule has 3 aromatic rings. The molecular weight excluding hydrogens is 538 g/mol. The average molecular weight is 570 g/mol. The highest BCUT2D eigenvalue weighted by molar-refractivity contribution is 7.85. The number of carboxylic acid groups (broad SMARTS) is 1. The number of aromatic carboxylic acids is 1. The molecule has 0 saturated heterocycles. The maximum atomic E-state index is 13.1. The molecule has 7 N–H and O–H groups in total. The Labute approximate surface area is 231 Å². The molecule has 0 bridgehead atoms. The predicted molar refractivity (Wildman–Crippen MR) is 151 cm³/mol. The highest BCUT2D eigenvalue weighted by Crippen LogP contribution is 2.29. The van der Waals surface area contributed by atoms with E-state index in [0.717, 1.165) is 0 Å². The Kier molecular flexibility index (Phi) is 10.6. The SMILES string of the molecule is CS(=O)(=O)O.Cc1ccc(-c2ccc(C(=O)NCC(C)C)cc2C(=O)O)c(C(=O)Nc2ccc(C(=N)N)cc2)n1. The van der Waals surface area contributed by atoms with E-state index < -0.39 is 22.0 Å². The molecule has 12 nitrogen and oxygen atoms in total. The maximum absolute atomic E-state index is 13.1. The summed E-state index contributed by atoms with van der Waals surface area (Å²) in [6, 6.07) is 14.1. The summed E-state index contributed by atoms with van der Waals surface area (Å²) in [6.07, 6.45) is 0.715. The molecular formula is C27H31N5O7S. The van der Waals surface area contributed by atoms with Crippen LogP contribution >= 0.6 is 0 Å². The van der Waals surface area contributed by atoms with Gasteiger partial charge in [-0.05, 0) is 60.9 Å². The van der Waals surface area contributed by atoms with Crippen LogP contribution in [-0.2, 0) is 10.1 Å². The number of hydrogen-bond acceptors (Lipinski definition) is 7. The van der Waals surface area contributed by atoms with Crippen molar-refractivity contribution in [2.75, 3.05) is 18.1 Å². The van der Waals surface area contributed by atoms with Crippen molar-refractivity contribution >= 4 is 39.4 Å². The lowest BCUT2D eigenvalue weighted by Gasteiger charge is -2.14. The third-order valence-electron chi connectivity index (χ3n) is 5.18. The standard InChI is InChI=1S/C26H27N5O4.CH4O3S/c1-14(2)13-29-24(32)17-7-11-19(21(12-17)26(34)35)20-10-4-15(3)30-22(20)25(33)31-18-8-5-16(6-9-18)23(27)28;1-5(2,3)4/h4-12,14H,13H2,1-3H3,(H3,27,28)(H,29,32)(H,31,33)(H,34,35);1H3,(H,2,3,4). The van der Waals surface area contributed by atoms with Crippen LogP contribution < -0.4 is 16.4 Å². The number of nitrogens with zero attached hydrogens (tertiary/aromatic N) is 1. The molecule has 1 aromatic heterocycles. The number of rotatable bonds is 8. The zero-order valence-corrected chi connectivity index (χ0v) is 23.2. The number of anilines is 1. The van der Waals surface area contributed by atoms with Gasteiger partial charge in [-0.2, -0.15) is 8.42 Å². The molecule has 1 heterocycles. The van der Waals surface area contributed by atoms with Gasteiger partial charge in [0.05, 0.1) is 11.8 Å². The summed E-state index contributed by atoms with van der Waals surface area (Å²) < 4.78 is 25.9. The van der Waals surface area contributed by atoms with Crippen LogP contribution in [0.1, 0.15) is 56.3 Å². The van der Waals surface area contributed by atoms with Gasteiger partial charge in [-0.25, -0.2) is 9.78 Å². The first-order valence-corrected chi connectivity index (χ1v) is 13.7. The third kappa shape index (κ3) is 9.60. The maximum Gasteiger partial charge on any atom is 0.336 e. The molecule has 3 rings (SSSR count). The van der Waals surface area contributed by atoms with Gasteiger partial charge in [-0.1, -0.05) is 26.0 Å². The number of nitrogens with one attached hydrogen (secondary N) is 3. The van der Waals surface area contributed by atoms with E-state index in [9.17, 15) is 27.9 Å². The van der Waals surface area contributed by atoms with Crippen LogP contribution in [0.25, 0.3) is 11.1 Å². The lowest BCUT2D eigenvalue weighted by Crippen LogP contribution is -2.27. The number of carboxylic acids is 1. The number of nitrogens with two attached hydrogens (primary N) is 1. The number of aromatic nitrogens is 1. The average Bonchev–Trinajstić information content (AvgIpc) is 2.86. The topological polar surface area (TPSA) is 213 Å². The van der Waals surface area contributed by atoms with Gasteiger partial charge < -0.3 is 21.5 Å². The van der Waals surface area contributed by atoms with E-state index in [1.165, 1.54) is 18.2 Å². The first-order chi connectivity index (χ1) is 18.6. The van der Waals surface area contributed by atoms with Gasteiger partial charge in [0.1, 0.15) is 11.5 Å². The number of carbonyl (C=O) groups is 3. The minimum absolute atomic E-state index is 0.0418. The second-order valence-corrected chi connectivity index (χ2v) is 10.7. The van der Waals surface area contributed by atoms with Gasteiger partial charge in [-0.3, -0.25) is 19.6 Å². The number of nitrogen functional groups attached to an aromatic ring is 1. The third-order valence-corrected chi connectivity index (χ3v) is 5.18. The number of aryl methyl sites for hydroxylation is 1. The van der Waals surface area contributed by atoms with Crippen LogP contribution in [0.3, 0.4) is 0 Å². The quantitative estimate of drug-likeness (QED) is 0.133. The van der Waals surface area contributed by atoms with Crippen molar-refractivity contribution in [1.29, 1.82) is 5.41 Å². The summed E-state index contributed by atoms with van der Waals surface area (Å²) in [5.41, 5.74) is 7.74. The molecule has 0 atom stereocenters. The van der Waals surface area contributed by atoms with Crippen molar-refractivity contribution in [3.8, 4) is 11.1 Å². The Morgan fingerprint density at radius 3 is 2.05 bits per heavy atom. The summed E-state index contributed by atoms with van der Waals surface area (Å²) in [5.74, 6) is -1.98. The molecule has 0 aliphatic carbocycles. The van der Waals surface area contributed by atoms with Crippen LogP contribution in [-0.4, -0.2) is 59.5 Å². The highest BCUT2D eigenvalue weighted by atomic mass is 32.2. The van der Waals surface area contributed by atoms with Crippen molar-refractivity contribution in [3.63, 3.8) is 0 Å². The molecule has 0 aliphatic rings. The van der Waals surface area contributed by atoms with Gasteiger partial charge in [0, 0.05) is 34.6 Å². The lowest BCUT2D eigenvalue weighted by atomic mass is 9.95. The Balaban J connectivity index is 0.00000103. The molecule has 0 aliphatic heterocycles. The van der Waals surface area contributed by atoms with Gasteiger partial charge in [-0.15, -0.1) is 0 Å². The van der Waals surface area contributed by atoms with E-state index >= 15 is 0 Å². The van der Waals surface area contributed by atoms with E-state index in [0.29, 0.717) is 35.3 Å². The minimum atomic E-state index is -3.67. The molecule has 0 radical (unpaired) electrons. The fraction of sp³-hybridized carbons (Fsp3) is 0.222. The van der Waals surface area contributed by atoms with Gasteiger partial charge in [0.15, 0.2) is 0 Å². The fourth-order valence-corrected chi connectivity index (χ4v) is 3.37. The monoisotopic (exact) mass is 569 g/mol. The zero-order valence-electron chi connectivity index (χ0n) is 22.3. The van der Waals surface area contributed by atoms with Crippen LogP contribution in [0.15, 0.2) is 54.6 Å². The second kappa shape index (κ2) is 13.4. The summed E-state index contributed by atoms with van der Waals surface area (Å²) in [5, 5.41) is 22.8. The number of benzene rings is 2. The van der Waals surface area contributed by atoms with Crippen molar-refractivity contribution in [2.45, 2.75) is 20.8 Å². The molecule has 0 spiro atoms. The minimum Gasteiger partial charge on any atom is -0.478 e. The molecule has 40 heavy (non-hydrogen) atoms. The van der Waals surface area contributed by atoms with E-state index in [-0.39, 0.29) is 40.0 Å². The Morgan fingerprint density at radius 2 is 1.52 bits per heavy atom.